The quantitative estimate of drug-likeness (QED) is 0.0212. The number of quaternary nitrogens is 1. The number of unbranched alkanes of at least 4 members (excludes halogenated alkanes) is 37. The molecular formula is C66H125N2O7P. The van der Waals surface area contributed by atoms with Gasteiger partial charge in [-0.25, -0.2) is 0 Å². The van der Waals surface area contributed by atoms with Crippen LogP contribution in [-0.4, -0.2) is 69.4 Å². The third-order valence-electron chi connectivity index (χ3n) is 14.5. The first-order chi connectivity index (χ1) is 36.9. The Hall–Kier alpha value is -2.03. The first-order valence-electron chi connectivity index (χ1n) is 32.4. The van der Waals surface area contributed by atoms with Gasteiger partial charge in [0.1, 0.15) is 19.3 Å². The first kappa shape index (κ1) is 74.0. The van der Waals surface area contributed by atoms with Crippen molar-refractivity contribution < 1.29 is 37.3 Å². The fourth-order valence-electron chi connectivity index (χ4n) is 9.43. The molecule has 0 aliphatic heterocycles. The summed E-state index contributed by atoms with van der Waals surface area (Å²) in [5, 5.41) is 3.03. The molecule has 3 unspecified atom stereocenters. The minimum atomic E-state index is -4.70. The Kier molecular flexibility index (Phi) is 54.7. The predicted molar refractivity (Wildman–Crippen MR) is 326 cm³/mol. The maximum Gasteiger partial charge on any atom is 0.306 e. The van der Waals surface area contributed by atoms with Crippen LogP contribution in [0.4, 0.5) is 0 Å². The van der Waals surface area contributed by atoms with Crippen LogP contribution in [0.15, 0.2) is 48.6 Å². The van der Waals surface area contributed by atoms with Crippen molar-refractivity contribution in [2.45, 2.75) is 322 Å². The van der Waals surface area contributed by atoms with Crippen LogP contribution in [0.3, 0.4) is 0 Å². The summed E-state index contributed by atoms with van der Waals surface area (Å²) in [6.07, 6.45) is 69.3. The number of carbonyl (C=O) groups excluding carboxylic acids is 2. The van der Waals surface area contributed by atoms with E-state index in [1.54, 1.807) is 0 Å². The highest BCUT2D eigenvalue weighted by Gasteiger charge is 2.27. The van der Waals surface area contributed by atoms with Crippen molar-refractivity contribution in [3.8, 4) is 0 Å². The van der Waals surface area contributed by atoms with E-state index in [1.807, 2.05) is 33.3 Å². The minimum absolute atomic E-state index is 0.0231. The Morgan fingerprint density at radius 2 is 0.803 bits per heavy atom. The standard InChI is InChI=1S/C66H125N2O7P/c1-7-10-13-16-19-22-25-28-30-32-33-34-35-37-38-40-43-46-49-52-55-58-65(69)67-63(62-74-76(71,72)73-61-60-68(4,5)6)64(57-54-51-48-45-42-27-24-21-18-15-12-9-3)75-66(70)59-56-53-50-47-44-41-39-36-31-29-26-23-20-17-14-11-8-2/h20,23,28-31,54,57,63-64H,7-19,21-22,24-27,32-53,55-56,58-62H2,1-6H3,(H-,67,69,71,72)/b23-20-,30-28+,31-29-,57-54-. The molecule has 0 aliphatic carbocycles. The number of ether oxygens (including phenoxy) is 1. The van der Waals surface area contributed by atoms with Gasteiger partial charge in [-0.3, -0.25) is 14.2 Å². The lowest BCUT2D eigenvalue weighted by Gasteiger charge is -2.30. The van der Waals surface area contributed by atoms with Crippen LogP contribution >= 0.6 is 7.82 Å². The third kappa shape index (κ3) is 56.7. The molecule has 446 valence electrons. The number of allylic oxidation sites excluding steroid dienone is 7. The monoisotopic (exact) mass is 1090 g/mol. The van der Waals surface area contributed by atoms with Crippen molar-refractivity contribution in [1.29, 1.82) is 0 Å². The molecule has 10 heteroatoms. The fraction of sp³-hybridized carbons (Fsp3) is 0.848. The van der Waals surface area contributed by atoms with Gasteiger partial charge in [0, 0.05) is 12.8 Å². The highest BCUT2D eigenvalue weighted by Crippen LogP contribution is 2.38. The van der Waals surface area contributed by atoms with Gasteiger partial charge in [0.25, 0.3) is 7.82 Å². The van der Waals surface area contributed by atoms with E-state index >= 15 is 0 Å². The second-order valence-corrected chi connectivity index (χ2v) is 24.7. The van der Waals surface area contributed by atoms with Crippen molar-refractivity contribution >= 4 is 19.7 Å². The summed E-state index contributed by atoms with van der Waals surface area (Å²) < 4.78 is 30.4. The molecule has 0 aromatic heterocycles. The van der Waals surface area contributed by atoms with E-state index in [0.717, 1.165) is 77.0 Å². The molecule has 76 heavy (non-hydrogen) atoms. The van der Waals surface area contributed by atoms with Gasteiger partial charge in [0.15, 0.2) is 0 Å². The summed E-state index contributed by atoms with van der Waals surface area (Å²) in [4.78, 5) is 40.0. The molecule has 3 atom stereocenters. The number of hydrogen-bond acceptors (Lipinski definition) is 7. The van der Waals surface area contributed by atoms with Crippen molar-refractivity contribution in [3.05, 3.63) is 48.6 Å². The maximum atomic E-state index is 13.6. The van der Waals surface area contributed by atoms with Gasteiger partial charge >= 0.3 is 5.97 Å². The molecule has 0 saturated heterocycles. The summed E-state index contributed by atoms with van der Waals surface area (Å²) in [6, 6.07) is -0.891. The third-order valence-corrected chi connectivity index (χ3v) is 15.4. The number of nitrogens with zero attached hydrogens (tertiary/aromatic N) is 1. The van der Waals surface area contributed by atoms with Gasteiger partial charge in [-0.2, -0.15) is 0 Å². The Balaban J connectivity index is 5.19. The Morgan fingerprint density at radius 1 is 0.461 bits per heavy atom. The number of phosphoric ester groups is 1. The van der Waals surface area contributed by atoms with Crippen molar-refractivity contribution in [2.75, 3.05) is 40.9 Å². The molecule has 0 rings (SSSR count). The number of nitrogens with one attached hydrogen (secondary N) is 1. The largest absolute Gasteiger partial charge is 0.756 e. The fourth-order valence-corrected chi connectivity index (χ4v) is 10.2. The normalized spacial score (nSPS) is 13.9. The summed E-state index contributed by atoms with van der Waals surface area (Å²) in [5.74, 6) is -0.541. The zero-order valence-electron chi connectivity index (χ0n) is 51.0. The number of hydrogen-bond donors (Lipinski definition) is 1. The van der Waals surface area contributed by atoms with Crippen LogP contribution in [0.25, 0.3) is 0 Å². The summed E-state index contributed by atoms with van der Waals surface area (Å²) in [7, 11) is 1.19. The minimum Gasteiger partial charge on any atom is -0.756 e. The molecule has 0 aromatic carbocycles. The van der Waals surface area contributed by atoms with Gasteiger partial charge in [0.2, 0.25) is 5.91 Å². The first-order valence-corrected chi connectivity index (χ1v) is 33.9. The molecule has 0 aliphatic rings. The number of phosphoric acid groups is 1. The molecule has 0 bridgehead atoms. The van der Waals surface area contributed by atoms with E-state index in [-0.39, 0.29) is 31.5 Å². The van der Waals surface area contributed by atoms with Gasteiger partial charge in [-0.1, -0.05) is 256 Å². The van der Waals surface area contributed by atoms with Crippen LogP contribution in [0.5, 0.6) is 0 Å². The molecule has 1 amide bonds. The zero-order valence-corrected chi connectivity index (χ0v) is 51.9. The average molecular weight is 1090 g/mol. The van der Waals surface area contributed by atoms with E-state index in [1.165, 1.54) is 199 Å². The Morgan fingerprint density at radius 3 is 1.22 bits per heavy atom. The van der Waals surface area contributed by atoms with Crippen molar-refractivity contribution in [3.63, 3.8) is 0 Å². The maximum absolute atomic E-state index is 13.6. The number of likely N-dealkylation sites (N-methyl/N-ethyl adjacent to an activating group) is 1. The SMILES string of the molecule is CCCCC/C=C\C/C=C\CCCCCCCCCC(=O)OC(/C=C\CCCCCCCCCCCC)C(COP(=O)([O-])OCC[N+](C)(C)C)NC(=O)CCCCCCCCCCCCC/C=C/CCCCCCCC. The predicted octanol–water partition coefficient (Wildman–Crippen LogP) is 19.4. The zero-order chi connectivity index (χ0) is 55.7. The Labute approximate surface area is 471 Å². The highest BCUT2D eigenvalue weighted by molar-refractivity contribution is 7.45. The van der Waals surface area contributed by atoms with E-state index in [9.17, 15) is 19.0 Å². The average Bonchev–Trinajstić information content (AvgIpc) is 3.38. The van der Waals surface area contributed by atoms with E-state index in [2.05, 4.69) is 62.5 Å². The molecule has 0 spiro atoms. The molecular weight excluding hydrogens is 964 g/mol. The summed E-state index contributed by atoms with van der Waals surface area (Å²) in [5.41, 5.74) is 0. The summed E-state index contributed by atoms with van der Waals surface area (Å²) in [6.45, 7) is 6.84. The van der Waals surface area contributed by atoms with Gasteiger partial charge in [-0.05, 0) is 89.5 Å². The number of esters is 1. The topological polar surface area (TPSA) is 114 Å². The molecule has 0 aromatic rings. The lowest BCUT2D eigenvalue weighted by atomic mass is 10.0. The van der Waals surface area contributed by atoms with Crippen LogP contribution < -0.4 is 10.2 Å². The molecule has 1 N–H and O–H groups in total. The lowest BCUT2D eigenvalue weighted by Crippen LogP contribution is -2.47. The molecule has 9 nitrogen and oxygen atoms in total. The van der Waals surface area contributed by atoms with Crippen LogP contribution in [0.1, 0.15) is 310 Å². The van der Waals surface area contributed by atoms with Gasteiger partial charge in [-0.15, -0.1) is 0 Å². The van der Waals surface area contributed by atoms with Crippen molar-refractivity contribution in [2.24, 2.45) is 0 Å². The Bertz CT molecular complexity index is 1440. The van der Waals surface area contributed by atoms with E-state index < -0.39 is 20.0 Å². The lowest BCUT2D eigenvalue weighted by molar-refractivity contribution is -0.870. The van der Waals surface area contributed by atoms with Gasteiger partial charge < -0.3 is 28.5 Å². The molecule has 0 saturated carbocycles. The van der Waals surface area contributed by atoms with E-state index in [4.69, 9.17) is 13.8 Å². The van der Waals surface area contributed by atoms with Crippen LogP contribution in [0, 0.1) is 0 Å². The van der Waals surface area contributed by atoms with Crippen LogP contribution in [-0.2, 0) is 27.9 Å². The molecule has 0 fully saturated rings. The summed E-state index contributed by atoms with van der Waals surface area (Å²) >= 11 is 0. The highest BCUT2D eigenvalue weighted by atomic mass is 31.2. The van der Waals surface area contributed by atoms with Crippen LogP contribution in [0.2, 0.25) is 0 Å². The van der Waals surface area contributed by atoms with E-state index in [0.29, 0.717) is 17.4 Å². The smallest absolute Gasteiger partial charge is 0.306 e. The number of amides is 1. The van der Waals surface area contributed by atoms with Crippen molar-refractivity contribution in [1.82, 2.24) is 5.32 Å². The number of carbonyl (C=O) groups is 2. The molecule has 0 radical (unpaired) electrons. The van der Waals surface area contributed by atoms with Gasteiger partial charge in [0.05, 0.1) is 33.8 Å². The second kappa shape index (κ2) is 56.3. The number of rotatable bonds is 59. The molecule has 0 heterocycles. The second-order valence-electron chi connectivity index (χ2n) is 23.3.